The summed E-state index contributed by atoms with van der Waals surface area (Å²) >= 11 is 1.31. The lowest BCUT2D eigenvalue weighted by atomic mass is 10.2. The highest BCUT2D eigenvalue weighted by Crippen LogP contribution is 2.23. The van der Waals surface area contributed by atoms with Gasteiger partial charge in [0.2, 0.25) is 5.91 Å². The van der Waals surface area contributed by atoms with Gasteiger partial charge in [-0.05, 0) is 24.6 Å². The Bertz CT molecular complexity index is 731. The molecule has 0 aromatic heterocycles. The first-order valence-corrected chi connectivity index (χ1v) is 9.29. The van der Waals surface area contributed by atoms with Gasteiger partial charge in [-0.1, -0.05) is 42.0 Å². The number of aryl methyl sites for hydroxylation is 1. The number of hydrogen-bond donors (Lipinski definition) is 1. The predicted molar refractivity (Wildman–Crippen MR) is 102 cm³/mol. The highest BCUT2D eigenvalue weighted by Gasteiger charge is 2.14. The minimum Gasteiger partial charge on any atom is -0.457 e. The number of hydrogen-bond acceptors (Lipinski definition) is 5. The molecule has 0 bridgehead atoms. The van der Waals surface area contributed by atoms with Crippen LogP contribution in [0.25, 0.3) is 0 Å². The number of methoxy groups -OCH3 is 1. The maximum Gasteiger partial charge on any atom is 0.339 e. The van der Waals surface area contributed by atoms with E-state index in [1.807, 2.05) is 43.3 Å². The SMILES string of the molecule is COCCNC(=O)CSc1ccccc1C(=O)OCc1ccc(C)cc1. The van der Waals surface area contributed by atoms with E-state index in [-0.39, 0.29) is 18.3 Å². The second-order valence-electron chi connectivity index (χ2n) is 5.69. The van der Waals surface area contributed by atoms with Gasteiger partial charge in [0.1, 0.15) is 6.61 Å². The van der Waals surface area contributed by atoms with Crippen LogP contribution in [0.1, 0.15) is 21.5 Å². The van der Waals surface area contributed by atoms with Crippen LogP contribution in [0, 0.1) is 6.92 Å². The molecule has 0 fully saturated rings. The highest BCUT2D eigenvalue weighted by atomic mass is 32.2. The van der Waals surface area contributed by atoms with Gasteiger partial charge in [-0.2, -0.15) is 0 Å². The second-order valence-corrected chi connectivity index (χ2v) is 6.71. The van der Waals surface area contributed by atoms with Gasteiger partial charge in [0, 0.05) is 18.6 Å². The molecule has 1 N–H and O–H groups in total. The summed E-state index contributed by atoms with van der Waals surface area (Å²) in [5.41, 5.74) is 2.56. The van der Waals surface area contributed by atoms with E-state index in [1.54, 1.807) is 19.2 Å². The van der Waals surface area contributed by atoms with Gasteiger partial charge in [0.25, 0.3) is 0 Å². The molecular formula is C20H23NO4S. The van der Waals surface area contributed by atoms with Crippen molar-refractivity contribution in [3.8, 4) is 0 Å². The van der Waals surface area contributed by atoms with Crippen molar-refractivity contribution in [2.45, 2.75) is 18.4 Å². The Morgan fingerprint density at radius 3 is 2.54 bits per heavy atom. The molecule has 0 saturated carbocycles. The zero-order valence-corrected chi connectivity index (χ0v) is 15.8. The number of rotatable bonds is 9. The zero-order valence-electron chi connectivity index (χ0n) is 15.0. The molecule has 26 heavy (non-hydrogen) atoms. The molecule has 2 rings (SSSR count). The van der Waals surface area contributed by atoms with E-state index >= 15 is 0 Å². The molecule has 6 heteroatoms. The number of ether oxygens (including phenoxy) is 2. The molecule has 2 aromatic carbocycles. The number of nitrogens with one attached hydrogen (secondary N) is 1. The summed E-state index contributed by atoms with van der Waals surface area (Å²) in [4.78, 5) is 24.9. The van der Waals surface area contributed by atoms with Crippen LogP contribution in [-0.4, -0.2) is 37.9 Å². The lowest BCUT2D eigenvalue weighted by molar-refractivity contribution is -0.118. The van der Waals surface area contributed by atoms with Crippen molar-refractivity contribution in [1.29, 1.82) is 0 Å². The third kappa shape index (κ3) is 6.54. The van der Waals surface area contributed by atoms with Crippen molar-refractivity contribution < 1.29 is 19.1 Å². The third-order valence-electron chi connectivity index (χ3n) is 3.58. The number of carbonyl (C=O) groups excluding carboxylic acids is 2. The van der Waals surface area contributed by atoms with E-state index in [2.05, 4.69) is 5.32 Å². The van der Waals surface area contributed by atoms with Crippen LogP contribution < -0.4 is 5.32 Å². The Morgan fingerprint density at radius 2 is 1.81 bits per heavy atom. The minimum atomic E-state index is -0.395. The van der Waals surface area contributed by atoms with Crippen LogP contribution in [0.5, 0.6) is 0 Å². The van der Waals surface area contributed by atoms with E-state index in [0.29, 0.717) is 18.7 Å². The molecule has 1 amide bonds. The van der Waals surface area contributed by atoms with Gasteiger partial charge >= 0.3 is 5.97 Å². The first kappa shape index (κ1) is 20.0. The fourth-order valence-corrected chi connectivity index (χ4v) is 3.03. The van der Waals surface area contributed by atoms with Crippen LogP contribution in [0.3, 0.4) is 0 Å². The van der Waals surface area contributed by atoms with Gasteiger partial charge in [-0.15, -0.1) is 11.8 Å². The Hall–Kier alpha value is -2.31. The van der Waals surface area contributed by atoms with Crippen LogP contribution in [0.4, 0.5) is 0 Å². The van der Waals surface area contributed by atoms with Gasteiger partial charge in [0.15, 0.2) is 0 Å². The van der Waals surface area contributed by atoms with Crippen molar-refractivity contribution in [1.82, 2.24) is 5.32 Å². The predicted octanol–water partition coefficient (Wildman–Crippen LogP) is 3.21. The average Bonchev–Trinajstić information content (AvgIpc) is 2.66. The highest BCUT2D eigenvalue weighted by molar-refractivity contribution is 8.00. The quantitative estimate of drug-likeness (QED) is 0.415. The maximum atomic E-state index is 12.4. The largest absolute Gasteiger partial charge is 0.457 e. The van der Waals surface area contributed by atoms with Crippen LogP contribution in [0.15, 0.2) is 53.4 Å². The molecule has 0 atom stereocenters. The first-order valence-electron chi connectivity index (χ1n) is 8.30. The van der Waals surface area contributed by atoms with Crippen LogP contribution >= 0.6 is 11.8 Å². The first-order chi connectivity index (χ1) is 12.6. The normalized spacial score (nSPS) is 10.4. The van der Waals surface area contributed by atoms with Gasteiger partial charge < -0.3 is 14.8 Å². The van der Waals surface area contributed by atoms with Gasteiger partial charge in [-0.3, -0.25) is 4.79 Å². The smallest absolute Gasteiger partial charge is 0.339 e. The molecule has 2 aromatic rings. The van der Waals surface area contributed by atoms with Crippen molar-refractivity contribution in [3.63, 3.8) is 0 Å². The molecule has 138 valence electrons. The molecule has 0 heterocycles. The zero-order chi connectivity index (χ0) is 18.8. The topological polar surface area (TPSA) is 64.6 Å². The van der Waals surface area contributed by atoms with Crippen molar-refractivity contribution in [3.05, 3.63) is 65.2 Å². The number of carbonyl (C=O) groups is 2. The fourth-order valence-electron chi connectivity index (χ4n) is 2.16. The number of amides is 1. The summed E-state index contributed by atoms with van der Waals surface area (Å²) in [7, 11) is 1.58. The monoisotopic (exact) mass is 373 g/mol. The number of esters is 1. The van der Waals surface area contributed by atoms with Crippen LogP contribution in [0.2, 0.25) is 0 Å². The fraction of sp³-hybridized carbons (Fsp3) is 0.300. The molecule has 0 radical (unpaired) electrons. The molecule has 0 aliphatic heterocycles. The van der Waals surface area contributed by atoms with Crippen LogP contribution in [-0.2, 0) is 20.9 Å². The molecule has 0 aliphatic rings. The number of thioether (sulfide) groups is 1. The Balaban J connectivity index is 1.91. The molecule has 5 nitrogen and oxygen atoms in total. The summed E-state index contributed by atoms with van der Waals surface area (Å²) < 4.78 is 10.3. The summed E-state index contributed by atoms with van der Waals surface area (Å²) in [5, 5.41) is 2.75. The van der Waals surface area contributed by atoms with E-state index in [1.165, 1.54) is 11.8 Å². The summed E-state index contributed by atoms with van der Waals surface area (Å²) in [6, 6.07) is 15.0. The second kappa shape index (κ2) is 10.6. The van der Waals surface area contributed by atoms with Gasteiger partial charge in [-0.25, -0.2) is 4.79 Å². The Kier molecular flexibility index (Phi) is 8.18. The standard InChI is InChI=1S/C20H23NO4S/c1-15-7-9-16(10-8-15)13-25-20(23)17-5-3-4-6-18(17)26-14-19(22)21-11-12-24-2/h3-10H,11-14H2,1-2H3,(H,21,22). The molecular weight excluding hydrogens is 350 g/mol. The van der Waals surface area contributed by atoms with Gasteiger partial charge in [0.05, 0.1) is 17.9 Å². The summed E-state index contributed by atoms with van der Waals surface area (Å²) in [6.45, 7) is 3.17. The lowest BCUT2D eigenvalue weighted by Crippen LogP contribution is -2.28. The Labute approximate surface area is 158 Å². The third-order valence-corrected chi connectivity index (χ3v) is 4.66. The maximum absolute atomic E-state index is 12.4. The summed E-state index contributed by atoms with van der Waals surface area (Å²) in [6.07, 6.45) is 0. The molecule has 0 saturated heterocycles. The molecule has 0 unspecified atom stereocenters. The Morgan fingerprint density at radius 1 is 1.08 bits per heavy atom. The lowest BCUT2D eigenvalue weighted by Gasteiger charge is -2.10. The average molecular weight is 373 g/mol. The van der Waals surface area contributed by atoms with Crippen molar-refractivity contribution in [2.24, 2.45) is 0 Å². The van der Waals surface area contributed by atoms with E-state index in [0.717, 1.165) is 16.0 Å². The molecule has 0 aliphatic carbocycles. The van der Waals surface area contributed by atoms with E-state index < -0.39 is 5.97 Å². The molecule has 0 spiro atoms. The number of benzene rings is 2. The summed E-state index contributed by atoms with van der Waals surface area (Å²) in [5.74, 6) is -0.269. The van der Waals surface area contributed by atoms with E-state index in [4.69, 9.17) is 9.47 Å². The minimum absolute atomic E-state index is 0.102. The van der Waals surface area contributed by atoms with Crippen molar-refractivity contribution in [2.75, 3.05) is 26.0 Å². The van der Waals surface area contributed by atoms with Crippen molar-refractivity contribution >= 4 is 23.6 Å². The van der Waals surface area contributed by atoms with E-state index in [9.17, 15) is 9.59 Å².